The number of amides is 3. The number of carbonyl (C=O) groups is 3. The van der Waals surface area contributed by atoms with Crippen molar-refractivity contribution in [1.29, 1.82) is 0 Å². The Bertz CT molecular complexity index is 1140. The van der Waals surface area contributed by atoms with Crippen LogP contribution in [0.4, 0.5) is 11.4 Å². The number of ether oxygens (including phenoxy) is 1. The van der Waals surface area contributed by atoms with Gasteiger partial charge < -0.3 is 25.6 Å². The minimum atomic E-state index is -0.222. The summed E-state index contributed by atoms with van der Waals surface area (Å²) in [5.74, 6) is -0.418. The summed E-state index contributed by atoms with van der Waals surface area (Å²) in [5, 5.41) is 8.73. The second-order valence-electron chi connectivity index (χ2n) is 8.13. The van der Waals surface area contributed by atoms with Gasteiger partial charge >= 0.3 is 0 Å². The smallest absolute Gasteiger partial charge is 0.254 e. The molecule has 0 aromatic heterocycles. The molecule has 180 valence electrons. The highest BCUT2D eigenvalue weighted by molar-refractivity contribution is 5.97. The molecule has 35 heavy (non-hydrogen) atoms. The van der Waals surface area contributed by atoms with Gasteiger partial charge in [0.1, 0.15) is 0 Å². The van der Waals surface area contributed by atoms with Crippen molar-refractivity contribution in [2.75, 3.05) is 43.5 Å². The Hall–Kier alpha value is -4.17. The predicted molar refractivity (Wildman–Crippen MR) is 134 cm³/mol. The summed E-state index contributed by atoms with van der Waals surface area (Å²) in [7, 11) is 0. The van der Waals surface area contributed by atoms with Crippen molar-refractivity contribution in [3.63, 3.8) is 0 Å². The van der Waals surface area contributed by atoms with Crippen molar-refractivity contribution in [2.24, 2.45) is 0 Å². The molecule has 0 atom stereocenters. The Morgan fingerprint density at radius 2 is 1.40 bits per heavy atom. The molecular formula is C27H28N4O4. The van der Waals surface area contributed by atoms with Crippen molar-refractivity contribution in [1.82, 2.24) is 10.2 Å². The number of benzene rings is 3. The molecule has 0 bridgehead atoms. The van der Waals surface area contributed by atoms with Crippen LogP contribution in [-0.4, -0.2) is 55.5 Å². The van der Waals surface area contributed by atoms with Crippen LogP contribution in [0.1, 0.15) is 26.3 Å². The molecule has 1 heterocycles. The molecule has 0 saturated carbocycles. The Labute approximate surface area is 204 Å². The number of hydrogen-bond donors (Lipinski definition) is 3. The third kappa shape index (κ3) is 6.91. The number of anilines is 2. The van der Waals surface area contributed by atoms with Crippen LogP contribution >= 0.6 is 0 Å². The first-order chi connectivity index (χ1) is 17.1. The number of hydrogen-bond acceptors (Lipinski definition) is 5. The highest BCUT2D eigenvalue weighted by Gasteiger charge is 2.18. The van der Waals surface area contributed by atoms with Gasteiger partial charge in [0.15, 0.2) is 0 Å². The third-order valence-corrected chi connectivity index (χ3v) is 5.61. The lowest BCUT2D eigenvalue weighted by Gasteiger charge is -2.26. The molecule has 0 radical (unpaired) electrons. The largest absolute Gasteiger partial charge is 0.378 e. The van der Waals surface area contributed by atoms with Gasteiger partial charge in [-0.05, 0) is 54.1 Å². The topological polar surface area (TPSA) is 99.8 Å². The number of nitrogens with zero attached hydrogens (tertiary/aromatic N) is 1. The minimum absolute atomic E-state index is 0.0187. The fraction of sp³-hybridized carbons (Fsp3) is 0.222. The zero-order chi connectivity index (χ0) is 24.5. The van der Waals surface area contributed by atoms with E-state index in [9.17, 15) is 14.4 Å². The fourth-order valence-corrected chi connectivity index (χ4v) is 3.65. The molecule has 3 N–H and O–H groups in total. The second-order valence-corrected chi connectivity index (χ2v) is 8.13. The molecule has 1 aliphatic rings. The molecule has 8 heteroatoms. The van der Waals surface area contributed by atoms with Crippen LogP contribution in [-0.2, 0) is 16.1 Å². The lowest BCUT2D eigenvalue weighted by atomic mass is 10.1. The van der Waals surface area contributed by atoms with E-state index < -0.39 is 0 Å². The SMILES string of the molecule is O=C(CNc1ccc(C(=O)N2CCOCC2)cc1)Nc1ccc(C(=O)NCc2ccccc2)cc1. The first-order valence-electron chi connectivity index (χ1n) is 11.5. The summed E-state index contributed by atoms with van der Waals surface area (Å²) in [4.78, 5) is 38.9. The van der Waals surface area contributed by atoms with Crippen LogP contribution in [0.5, 0.6) is 0 Å². The van der Waals surface area contributed by atoms with Crippen molar-refractivity contribution in [3.05, 3.63) is 95.6 Å². The van der Waals surface area contributed by atoms with Gasteiger partial charge in [0.05, 0.1) is 19.8 Å². The summed E-state index contributed by atoms with van der Waals surface area (Å²) in [5.41, 5.74) is 3.49. The zero-order valence-electron chi connectivity index (χ0n) is 19.3. The van der Waals surface area contributed by atoms with Gasteiger partial charge in [0, 0.05) is 42.1 Å². The second kappa shape index (κ2) is 11.8. The van der Waals surface area contributed by atoms with E-state index >= 15 is 0 Å². The summed E-state index contributed by atoms with van der Waals surface area (Å²) in [6.07, 6.45) is 0. The van der Waals surface area contributed by atoms with Gasteiger partial charge in [-0.2, -0.15) is 0 Å². The highest BCUT2D eigenvalue weighted by Crippen LogP contribution is 2.13. The van der Waals surface area contributed by atoms with Crippen LogP contribution in [0.3, 0.4) is 0 Å². The molecule has 0 aliphatic carbocycles. The number of nitrogens with one attached hydrogen (secondary N) is 3. The Morgan fingerprint density at radius 3 is 2.09 bits per heavy atom. The summed E-state index contributed by atoms with van der Waals surface area (Å²) >= 11 is 0. The number of rotatable bonds is 8. The van der Waals surface area contributed by atoms with Crippen molar-refractivity contribution >= 4 is 29.1 Å². The molecule has 1 saturated heterocycles. The summed E-state index contributed by atoms with van der Waals surface area (Å²) in [6, 6.07) is 23.5. The van der Waals surface area contributed by atoms with Gasteiger partial charge in [-0.15, -0.1) is 0 Å². The van der Waals surface area contributed by atoms with Crippen LogP contribution in [0.2, 0.25) is 0 Å². The molecule has 1 aliphatic heterocycles. The molecule has 1 fully saturated rings. The maximum atomic E-state index is 12.5. The van der Waals surface area contributed by atoms with E-state index in [1.807, 2.05) is 30.3 Å². The van der Waals surface area contributed by atoms with Gasteiger partial charge in [0.2, 0.25) is 5.91 Å². The third-order valence-electron chi connectivity index (χ3n) is 5.61. The molecule has 3 aromatic carbocycles. The fourth-order valence-electron chi connectivity index (χ4n) is 3.65. The average molecular weight is 473 g/mol. The highest BCUT2D eigenvalue weighted by atomic mass is 16.5. The van der Waals surface area contributed by atoms with Crippen LogP contribution < -0.4 is 16.0 Å². The molecule has 8 nitrogen and oxygen atoms in total. The lowest BCUT2D eigenvalue weighted by Crippen LogP contribution is -2.40. The van der Waals surface area contributed by atoms with E-state index in [1.165, 1.54) is 0 Å². The Balaban J connectivity index is 1.22. The molecule has 0 unspecified atom stereocenters. The zero-order valence-corrected chi connectivity index (χ0v) is 19.3. The minimum Gasteiger partial charge on any atom is -0.378 e. The van der Waals surface area contributed by atoms with Crippen LogP contribution in [0.15, 0.2) is 78.9 Å². The van der Waals surface area contributed by atoms with Gasteiger partial charge in [-0.25, -0.2) is 0 Å². The Kier molecular flexibility index (Phi) is 8.08. The first-order valence-corrected chi connectivity index (χ1v) is 11.5. The quantitative estimate of drug-likeness (QED) is 0.468. The standard InChI is InChI=1S/C27H28N4O4/c32-25(19-28-23-10-8-22(9-11-23)27(34)31-14-16-35-17-15-31)30-24-12-6-21(7-13-24)26(33)29-18-20-4-2-1-3-5-20/h1-13,28H,14-19H2,(H,29,33)(H,30,32). The average Bonchev–Trinajstić information content (AvgIpc) is 2.92. The van der Waals surface area contributed by atoms with Crippen molar-refractivity contribution in [2.45, 2.75) is 6.54 Å². The van der Waals surface area contributed by atoms with Crippen molar-refractivity contribution in [3.8, 4) is 0 Å². The molecule has 4 rings (SSSR count). The van der Waals surface area contributed by atoms with E-state index in [0.717, 1.165) is 11.3 Å². The summed E-state index contributed by atoms with van der Waals surface area (Å²) < 4.78 is 5.28. The predicted octanol–water partition coefficient (Wildman–Crippen LogP) is 3.14. The van der Waals surface area contributed by atoms with Crippen LogP contribution in [0.25, 0.3) is 0 Å². The molecule has 3 amide bonds. The maximum Gasteiger partial charge on any atom is 0.254 e. The van der Waals surface area contributed by atoms with Gasteiger partial charge in [-0.1, -0.05) is 30.3 Å². The van der Waals surface area contributed by atoms with Gasteiger partial charge in [-0.3, -0.25) is 14.4 Å². The van der Waals surface area contributed by atoms with E-state index in [0.29, 0.717) is 49.7 Å². The van der Waals surface area contributed by atoms with Crippen LogP contribution in [0, 0.1) is 0 Å². The van der Waals surface area contributed by atoms with E-state index in [2.05, 4.69) is 16.0 Å². The van der Waals surface area contributed by atoms with Gasteiger partial charge in [0.25, 0.3) is 11.8 Å². The number of morpholine rings is 1. The van der Waals surface area contributed by atoms with Crippen molar-refractivity contribution < 1.29 is 19.1 Å². The maximum absolute atomic E-state index is 12.5. The summed E-state index contributed by atoms with van der Waals surface area (Å²) in [6.45, 7) is 2.83. The van der Waals surface area contributed by atoms with E-state index in [-0.39, 0.29) is 24.3 Å². The first kappa shape index (κ1) is 24.0. The monoisotopic (exact) mass is 472 g/mol. The molecule has 3 aromatic rings. The molecular weight excluding hydrogens is 444 g/mol. The lowest BCUT2D eigenvalue weighted by molar-refractivity contribution is -0.114. The Morgan fingerprint density at radius 1 is 0.771 bits per heavy atom. The molecule has 0 spiro atoms. The van der Waals surface area contributed by atoms with E-state index in [4.69, 9.17) is 4.74 Å². The normalized spacial score (nSPS) is 13.1. The number of carbonyl (C=O) groups excluding carboxylic acids is 3. The van der Waals surface area contributed by atoms with E-state index in [1.54, 1.807) is 53.4 Å².